The van der Waals surface area contributed by atoms with Gasteiger partial charge in [0.05, 0.1) is 8.59 Å². The van der Waals surface area contributed by atoms with Crippen molar-refractivity contribution >= 4 is 62.5 Å². The molecule has 19 heavy (non-hydrogen) atoms. The molecule has 2 rings (SSSR count). The fraction of sp³-hybridized carbons (Fsp3) is 0.231. The van der Waals surface area contributed by atoms with Crippen LogP contribution in [0.15, 0.2) is 18.2 Å². The van der Waals surface area contributed by atoms with Crippen molar-refractivity contribution in [3.05, 3.63) is 31.9 Å². The number of aromatic nitrogens is 1. The van der Waals surface area contributed by atoms with Gasteiger partial charge in [0, 0.05) is 5.39 Å². The smallest absolute Gasteiger partial charge is 0.169 e. The van der Waals surface area contributed by atoms with Crippen molar-refractivity contribution in [1.82, 2.24) is 4.98 Å². The van der Waals surface area contributed by atoms with Gasteiger partial charge in [-0.1, -0.05) is 23.2 Å². The molecule has 0 bridgehead atoms. The van der Waals surface area contributed by atoms with Crippen molar-refractivity contribution < 1.29 is 9.53 Å². The van der Waals surface area contributed by atoms with Gasteiger partial charge in [-0.05, 0) is 54.6 Å². The Balaban J connectivity index is 2.64. The third-order valence-electron chi connectivity index (χ3n) is 2.67. The minimum absolute atomic E-state index is 0.0547. The molecule has 1 aromatic heterocycles. The van der Waals surface area contributed by atoms with Gasteiger partial charge < -0.3 is 4.74 Å². The van der Waals surface area contributed by atoms with Crippen LogP contribution in [-0.4, -0.2) is 16.9 Å². The standard InChI is InChI=1S/C13H10Cl2INO2/c1-6(18)7(2)19-13-10(16)5-9(14)8-3-4-11(15)17-12(8)13/h3-5,7H,1-2H3. The number of pyridine rings is 1. The number of fused-ring (bicyclic) bond motifs is 1. The molecule has 1 heterocycles. The Morgan fingerprint density at radius 3 is 2.74 bits per heavy atom. The van der Waals surface area contributed by atoms with E-state index in [4.69, 9.17) is 27.9 Å². The number of carbonyl (C=O) groups is 1. The maximum atomic E-state index is 11.3. The molecule has 3 nitrogen and oxygen atoms in total. The van der Waals surface area contributed by atoms with E-state index in [0.717, 1.165) is 8.96 Å². The molecule has 6 heteroatoms. The number of rotatable bonds is 3. The Hall–Kier alpha value is -0.590. The lowest BCUT2D eigenvalue weighted by molar-refractivity contribution is -0.122. The maximum absolute atomic E-state index is 11.3. The van der Waals surface area contributed by atoms with E-state index in [2.05, 4.69) is 27.6 Å². The van der Waals surface area contributed by atoms with Crippen LogP contribution in [0, 0.1) is 3.57 Å². The predicted molar refractivity (Wildman–Crippen MR) is 85.3 cm³/mol. The molecule has 0 aliphatic carbocycles. The molecule has 0 aliphatic heterocycles. The Labute approximate surface area is 134 Å². The van der Waals surface area contributed by atoms with Gasteiger partial charge >= 0.3 is 0 Å². The third-order valence-corrected chi connectivity index (χ3v) is 4.00. The number of ether oxygens (including phenoxy) is 1. The zero-order chi connectivity index (χ0) is 14.2. The predicted octanol–water partition coefficient (Wildman–Crippen LogP) is 4.50. The summed E-state index contributed by atoms with van der Waals surface area (Å²) in [5.41, 5.74) is 0.567. The van der Waals surface area contributed by atoms with E-state index >= 15 is 0 Å². The number of benzene rings is 1. The molecule has 1 atom stereocenters. The van der Waals surface area contributed by atoms with Crippen LogP contribution in [-0.2, 0) is 4.79 Å². The van der Waals surface area contributed by atoms with Crippen LogP contribution in [0.3, 0.4) is 0 Å². The summed E-state index contributed by atoms with van der Waals surface area (Å²) in [6.07, 6.45) is -0.543. The molecule has 0 N–H and O–H groups in total. The van der Waals surface area contributed by atoms with Gasteiger partial charge in [-0.25, -0.2) is 4.98 Å². The third kappa shape index (κ3) is 3.12. The number of hydrogen-bond donors (Lipinski definition) is 0. The average Bonchev–Trinajstić information content (AvgIpc) is 2.33. The zero-order valence-corrected chi connectivity index (χ0v) is 13.9. The van der Waals surface area contributed by atoms with E-state index in [-0.39, 0.29) is 5.78 Å². The first-order chi connectivity index (χ1) is 8.90. The van der Waals surface area contributed by atoms with E-state index in [1.165, 1.54) is 6.92 Å². The highest BCUT2D eigenvalue weighted by Crippen LogP contribution is 2.36. The van der Waals surface area contributed by atoms with Crippen LogP contribution in [0.25, 0.3) is 10.9 Å². The lowest BCUT2D eigenvalue weighted by Crippen LogP contribution is -2.21. The molecule has 2 aromatic rings. The monoisotopic (exact) mass is 409 g/mol. The molecule has 0 fully saturated rings. The normalized spacial score (nSPS) is 12.5. The fourth-order valence-corrected chi connectivity index (χ4v) is 2.83. The van der Waals surface area contributed by atoms with Gasteiger partial charge in [-0.15, -0.1) is 0 Å². The number of Topliss-reactive ketones (excluding diaryl/α,β-unsaturated/α-hetero) is 1. The highest BCUT2D eigenvalue weighted by atomic mass is 127. The van der Waals surface area contributed by atoms with Crippen LogP contribution < -0.4 is 4.74 Å². The van der Waals surface area contributed by atoms with Gasteiger partial charge in [0.15, 0.2) is 17.6 Å². The summed E-state index contributed by atoms with van der Waals surface area (Å²) < 4.78 is 6.48. The molecule has 1 unspecified atom stereocenters. The molecule has 0 amide bonds. The minimum Gasteiger partial charge on any atom is -0.480 e. The van der Waals surface area contributed by atoms with Crippen LogP contribution in [0.2, 0.25) is 10.2 Å². The SMILES string of the molecule is CC(=O)C(C)Oc1c(I)cc(Cl)c2ccc(Cl)nc12. The van der Waals surface area contributed by atoms with Crippen molar-refractivity contribution in [3.8, 4) is 5.75 Å². The summed E-state index contributed by atoms with van der Waals surface area (Å²) in [6.45, 7) is 3.18. The second-order valence-electron chi connectivity index (χ2n) is 4.07. The van der Waals surface area contributed by atoms with Crippen molar-refractivity contribution in [2.45, 2.75) is 20.0 Å². The molecular formula is C13H10Cl2INO2. The molecule has 0 aliphatic rings. The molecule has 100 valence electrons. The molecule has 0 saturated heterocycles. The van der Waals surface area contributed by atoms with Crippen LogP contribution >= 0.6 is 45.8 Å². The summed E-state index contributed by atoms with van der Waals surface area (Å²) in [5.74, 6) is 0.478. The van der Waals surface area contributed by atoms with Gasteiger partial charge in [0.2, 0.25) is 0 Å². The fourth-order valence-electron chi connectivity index (χ4n) is 1.54. The topological polar surface area (TPSA) is 39.2 Å². The van der Waals surface area contributed by atoms with E-state index in [0.29, 0.717) is 21.4 Å². The van der Waals surface area contributed by atoms with E-state index in [9.17, 15) is 4.79 Å². The van der Waals surface area contributed by atoms with Gasteiger partial charge in [0.1, 0.15) is 10.7 Å². The summed E-state index contributed by atoms with van der Waals surface area (Å²) in [6, 6.07) is 5.23. The Morgan fingerprint density at radius 2 is 2.11 bits per heavy atom. The quantitative estimate of drug-likeness (QED) is 0.553. The van der Waals surface area contributed by atoms with Gasteiger partial charge in [-0.2, -0.15) is 0 Å². The highest BCUT2D eigenvalue weighted by molar-refractivity contribution is 14.1. The Morgan fingerprint density at radius 1 is 1.42 bits per heavy atom. The first-order valence-corrected chi connectivity index (χ1v) is 7.35. The Bertz CT molecular complexity index is 661. The van der Waals surface area contributed by atoms with Crippen LogP contribution in [0.5, 0.6) is 5.75 Å². The van der Waals surface area contributed by atoms with E-state index in [1.807, 2.05) is 0 Å². The average molecular weight is 410 g/mol. The largest absolute Gasteiger partial charge is 0.480 e. The summed E-state index contributed by atoms with van der Waals surface area (Å²) in [5, 5.41) is 1.68. The summed E-state index contributed by atoms with van der Waals surface area (Å²) in [4.78, 5) is 15.6. The van der Waals surface area contributed by atoms with E-state index < -0.39 is 6.10 Å². The first-order valence-electron chi connectivity index (χ1n) is 5.51. The van der Waals surface area contributed by atoms with Gasteiger partial charge in [0.25, 0.3) is 0 Å². The lowest BCUT2D eigenvalue weighted by atomic mass is 10.2. The summed E-state index contributed by atoms with van der Waals surface area (Å²) in [7, 11) is 0. The van der Waals surface area contributed by atoms with Crippen molar-refractivity contribution in [2.75, 3.05) is 0 Å². The number of nitrogens with zero attached hydrogens (tertiary/aromatic N) is 1. The number of ketones is 1. The maximum Gasteiger partial charge on any atom is 0.169 e. The minimum atomic E-state index is -0.543. The number of carbonyl (C=O) groups excluding carboxylic acids is 1. The van der Waals surface area contributed by atoms with Crippen LogP contribution in [0.4, 0.5) is 0 Å². The zero-order valence-electron chi connectivity index (χ0n) is 10.2. The molecule has 0 radical (unpaired) electrons. The Kier molecular flexibility index (Phi) is 4.53. The van der Waals surface area contributed by atoms with Crippen LogP contribution in [0.1, 0.15) is 13.8 Å². The first kappa shape index (κ1) is 14.8. The second-order valence-corrected chi connectivity index (χ2v) is 6.03. The lowest BCUT2D eigenvalue weighted by Gasteiger charge is -2.15. The molecular weight excluding hydrogens is 400 g/mol. The highest BCUT2D eigenvalue weighted by Gasteiger charge is 2.17. The molecule has 0 saturated carbocycles. The molecule has 0 spiro atoms. The van der Waals surface area contributed by atoms with Gasteiger partial charge in [-0.3, -0.25) is 4.79 Å². The number of halogens is 3. The van der Waals surface area contributed by atoms with Crippen molar-refractivity contribution in [2.24, 2.45) is 0 Å². The summed E-state index contributed by atoms with van der Waals surface area (Å²) >= 11 is 14.2. The van der Waals surface area contributed by atoms with Crippen molar-refractivity contribution in [1.29, 1.82) is 0 Å². The molecule has 1 aromatic carbocycles. The second kappa shape index (κ2) is 5.81. The number of hydrogen-bond acceptors (Lipinski definition) is 3. The van der Waals surface area contributed by atoms with E-state index in [1.54, 1.807) is 25.1 Å². The van der Waals surface area contributed by atoms with Crippen molar-refractivity contribution in [3.63, 3.8) is 0 Å².